The fraction of sp³-hybridized carbons (Fsp3) is 0.333. The molecule has 1 fully saturated rings. The van der Waals surface area contributed by atoms with Crippen LogP contribution >= 0.6 is 0 Å². The lowest BCUT2D eigenvalue weighted by molar-refractivity contribution is -0.138. The summed E-state index contributed by atoms with van der Waals surface area (Å²) in [4.78, 5) is 24.2. The molecule has 140 valence electrons. The van der Waals surface area contributed by atoms with Crippen LogP contribution in [-0.4, -0.2) is 18.2 Å². The van der Waals surface area contributed by atoms with E-state index in [0.29, 0.717) is 27.7 Å². The maximum atomic E-state index is 12.7. The van der Waals surface area contributed by atoms with Crippen LogP contribution in [0.4, 0.5) is 0 Å². The highest BCUT2D eigenvalue weighted by molar-refractivity contribution is 6.02. The van der Waals surface area contributed by atoms with Crippen LogP contribution < -0.4 is 10.4 Å². The average molecular weight is 368 g/mol. The van der Waals surface area contributed by atoms with Gasteiger partial charge in [0.1, 0.15) is 11.2 Å². The minimum Gasteiger partial charge on any atom is -0.464 e. The van der Waals surface area contributed by atoms with Crippen LogP contribution in [0.3, 0.4) is 0 Å². The minimum absolute atomic E-state index is 0.0435. The molecule has 0 saturated carbocycles. The predicted molar refractivity (Wildman–Crippen MR) is 99.8 cm³/mol. The largest absolute Gasteiger partial charge is 0.464 e. The number of ether oxygens (including phenoxy) is 2. The van der Waals surface area contributed by atoms with Crippen molar-refractivity contribution in [3.8, 4) is 5.75 Å². The SMILES string of the molecule is CC(C)=CC[C@H]1O[C@@H]1[C@@H](C)C(=O)Oc1c2ccoc2cc2oc(=O)ccc12. The van der Waals surface area contributed by atoms with Gasteiger partial charge in [-0.3, -0.25) is 4.79 Å². The number of furan rings is 1. The molecule has 0 spiro atoms. The monoisotopic (exact) mass is 368 g/mol. The second-order valence-corrected chi connectivity index (χ2v) is 7.07. The second-order valence-electron chi connectivity index (χ2n) is 7.07. The van der Waals surface area contributed by atoms with Crippen LogP contribution in [0.5, 0.6) is 5.75 Å². The summed E-state index contributed by atoms with van der Waals surface area (Å²) in [5.41, 5.74) is 1.53. The predicted octanol–water partition coefficient (Wildman–Crippen LogP) is 4.20. The van der Waals surface area contributed by atoms with Gasteiger partial charge in [-0.25, -0.2) is 4.79 Å². The van der Waals surface area contributed by atoms with Crippen LogP contribution in [-0.2, 0) is 9.53 Å². The molecule has 27 heavy (non-hydrogen) atoms. The zero-order chi connectivity index (χ0) is 19.1. The number of esters is 1. The molecule has 0 N–H and O–H groups in total. The van der Waals surface area contributed by atoms with Crippen molar-refractivity contribution in [1.29, 1.82) is 0 Å². The first kappa shape index (κ1) is 17.5. The van der Waals surface area contributed by atoms with Crippen molar-refractivity contribution in [2.24, 2.45) is 5.92 Å². The number of fused-ring (bicyclic) bond motifs is 2. The highest BCUT2D eigenvalue weighted by Crippen LogP contribution is 2.37. The number of benzene rings is 1. The molecular formula is C21H20O6. The summed E-state index contributed by atoms with van der Waals surface area (Å²) in [5.74, 6) is -0.465. The number of hydrogen-bond donors (Lipinski definition) is 0. The van der Waals surface area contributed by atoms with Crippen LogP contribution in [0.1, 0.15) is 27.2 Å². The fourth-order valence-electron chi connectivity index (χ4n) is 3.19. The summed E-state index contributed by atoms with van der Waals surface area (Å²) in [6, 6.07) is 6.23. The number of carbonyl (C=O) groups is 1. The third-order valence-corrected chi connectivity index (χ3v) is 4.76. The summed E-state index contributed by atoms with van der Waals surface area (Å²) >= 11 is 0. The molecule has 0 unspecified atom stereocenters. The van der Waals surface area contributed by atoms with Crippen molar-refractivity contribution < 1.29 is 23.1 Å². The molecule has 3 atom stereocenters. The summed E-state index contributed by atoms with van der Waals surface area (Å²) in [6.45, 7) is 5.86. The lowest BCUT2D eigenvalue weighted by atomic mass is 10.0. The maximum Gasteiger partial charge on any atom is 0.336 e. The third kappa shape index (κ3) is 3.40. The average Bonchev–Trinajstić information content (AvgIpc) is 3.26. The molecule has 6 nitrogen and oxygen atoms in total. The van der Waals surface area contributed by atoms with Gasteiger partial charge in [0.05, 0.1) is 35.2 Å². The summed E-state index contributed by atoms with van der Waals surface area (Å²) in [5, 5.41) is 1.19. The Bertz CT molecular complexity index is 1100. The van der Waals surface area contributed by atoms with Gasteiger partial charge in [-0.1, -0.05) is 11.6 Å². The van der Waals surface area contributed by atoms with Crippen LogP contribution in [0.15, 0.2) is 55.8 Å². The van der Waals surface area contributed by atoms with E-state index in [4.69, 9.17) is 18.3 Å². The Balaban J connectivity index is 1.61. The molecule has 1 aromatic carbocycles. The fourth-order valence-corrected chi connectivity index (χ4v) is 3.19. The molecule has 0 amide bonds. The highest BCUT2D eigenvalue weighted by Gasteiger charge is 2.45. The van der Waals surface area contributed by atoms with Gasteiger partial charge in [-0.05, 0) is 39.3 Å². The van der Waals surface area contributed by atoms with Gasteiger partial charge in [0.15, 0.2) is 5.75 Å². The van der Waals surface area contributed by atoms with E-state index in [9.17, 15) is 9.59 Å². The Morgan fingerprint density at radius 1 is 1.22 bits per heavy atom. The van der Waals surface area contributed by atoms with E-state index < -0.39 is 11.5 Å². The highest BCUT2D eigenvalue weighted by atomic mass is 16.6. The standard InChI is InChI=1S/C21H20O6/c1-11(2)4-6-15-19(26-15)12(3)21(23)27-20-13-5-7-18(22)25-17(13)10-16-14(20)8-9-24-16/h4-5,7-10,12,15,19H,6H2,1-3H3/t12-,15-,19-/m1/s1. The molecule has 0 bridgehead atoms. The van der Waals surface area contributed by atoms with Crippen LogP contribution in [0.25, 0.3) is 21.9 Å². The van der Waals surface area contributed by atoms with Gasteiger partial charge in [-0.2, -0.15) is 0 Å². The van der Waals surface area contributed by atoms with E-state index in [2.05, 4.69) is 6.08 Å². The molecule has 6 heteroatoms. The quantitative estimate of drug-likeness (QED) is 0.221. The number of hydrogen-bond acceptors (Lipinski definition) is 6. The topological polar surface area (TPSA) is 82.2 Å². The Morgan fingerprint density at radius 3 is 2.78 bits per heavy atom. The van der Waals surface area contributed by atoms with Crippen molar-refractivity contribution >= 4 is 27.9 Å². The molecule has 3 heterocycles. The van der Waals surface area contributed by atoms with Crippen molar-refractivity contribution in [1.82, 2.24) is 0 Å². The van der Waals surface area contributed by atoms with Crippen LogP contribution in [0.2, 0.25) is 0 Å². The van der Waals surface area contributed by atoms with E-state index in [-0.39, 0.29) is 18.2 Å². The normalized spacial score (nSPS) is 19.8. The summed E-state index contributed by atoms with van der Waals surface area (Å²) in [7, 11) is 0. The Kier molecular flexibility index (Phi) is 4.36. The minimum atomic E-state index is -0.479. The lowest BCUT2D eigenvalue weighted by Crippen LogP contribution is -2.23. The van der Waals surface area contributed by atoms with Gasteiger partial charge in [-0.15, -0.1) is 0 Å². The number of carbonyl (C=O) groups excluding carboxylic acids is 1. The molecule has 4 rings (SSSR count). The molecule has 2 aromatic heterocycles. The molecule has 3 aromatic rings. The number of epoxide rings is 1. The van der Waals surface area contributed by atoms with E-state index in [1.165, 1.54) is 17.9 Å². The van der Waals surface area contributed by atoms with Crippen molar-refractivity contribution in [3.05, 3.63) is 52.6 Å². The Morgan fingerprint density at radius 2 is 2.00 bits per heavy atom. The first-order chi connectivity index (χ1) is 12.9. The first-order valence-electron chi connectivity index (χ1n) is 8.88. The van der Waals surface area contributed by atoms with Crippen molar-refractivity contribution in [2.45, 2.75) is 39.4 Å². The van der Waals surface area contributed by atoms with Gasteiger partial charge in [0.2, 0.25) is 0 Å². The smallest absolute Gasteiger partial charge is 0.336 e. The second kappa shape index (κ2) is 6.70. The molecule has 1 aliphatic rings. The molecule has 0 radical (unpaired) electrons. The molecular weight excluding hydrogens is 348 g/mol. The lowest BCUT2D eigenvalue weighted by Gasteiger charge is -2.11. The maximum absolute atomic E-state index is 12.7. The van der Waals surface area contributed by atoms with Crippen LogP contribution in [0, 0.1) is 5.92 Å². The van der Waals surface area contributed by atoms with Gasteiger partial charge >= 0.3 is 11.6 Å². The zero-order valence-corrected chi connectivity index (χ0v) is 15.4. The Hall–Kier alpha value is -2.86. The number of allylic oxidation sites excluding steroid dienone is 1. The van der Waals surface area contributed by atoms with Gasteiger partial charge < -0.3 is 18.3 Å². The molecule has 1 aliphatic heterocycles. The molecule has 0 aliphatic carbocycles. The summed E-state index contributed by atoms with van der Waals surface area (Å²) in [6.07, 6.45) is 4.28. The van der Waals surface area contributed by atoms with E-state index in [1.807, 2.05) is 13.8 Å². The van der Waals surface area contributed by atoms with Crippen molar-refractivity contribution in [3.63, 3.8) is 0 Å². The zero-order valence-electron chi connectivity index (χ0n) is 15.4. The number of rotatable bonds is 5. The first-order valence-corrected chi connectivity index (χ1v) is 8.88. The third-order valence-electron chi connectivity index (χ3n) is 4.76. The van der Waals surface area contributed by atoms with E-state index in [0.717, 1.165) is 6.42 Å². The van der Waals surface area contributed by atoms with Crippen molar-refractivity contribution in [2.75, 3.05) is 0 Å². The van der Waals surface area contributed by atoms with E-state index >= 15 is 0 Å². The Labute approximate surface area is 155 Å². The van der Waals surface area contributed by atoms with Gasteiger partial charge in [0.25, 0.3) is 0 Å². The summed E-state index contributed by atoms with van der Waals surface area (Å²) < 4.78 is 22.0. The molecule has 1 saturated heterocycles. The van der Waals surface area contributed by atoms with Gasteiger partial charge in [0, 0.05) is 12.1 Å². The van der Waals surface area contributed by atoms with E-state index in [1.54, 1.807) is 25.1 Å².